The molecule has 0 spiro atoms. The van der Waals surface area contributed by atoms with Crippen LogP contribution in [-0.4, -0.2) is 30.5 Å². The molecule has 1 aliphatic heterocycles. The Morgan fingerprint density at radius 2 is 2.04 bits per heavy atom. The van der Waals surface area contributed by atoms with Gasteiger partial charge in [0.1, 0.15) is 11.6 Å². The molecule has 1 aromatic heterocycles. The number of ether oxygens (including phenoxy) is 1. The highest BCUT2D eigenvalue weighted by atomic mass is 16.5. The lowest BCUT2D eigenvalue weighted by molar-refractivity contribution is -0.118. The maximum absolute atomic E-state index is 12.9. The lowest BCUT2D eigenvalue weighted by atomic mass is 10.1. The molecule has 2 amide bonds. The first-order valence-electron chi connectivity index (χ1n) is 8.25. The number of hydrogen-bond donors (Lipinski definition) is 1. The number of hydrogen-bond acceptors (Lipinski definition) is 4. The summed E-state index contributed by atoms with van der Waals surface area (Å²) in [5.41, 5.74) is 2.49. The lowest BCUT2D eigenvalue weighted by Gasteiger charge is -2.18. The van der Waals surface area contributed by atoms with Gasteiger partial charge in [-0.2, -0.15) is 0 Å². The Kier molecular flexibility index (Phi) is 4.70. The van der Waals surface area contributed by atoms with E-state index in [0.717, 1.165) is 23.4 Å². The zero-order valence-electron chi connectivity index (χ0n) is 14.6. The molecule has 25 heavy (non-hydrogen) atoms. The Bertz CT molecular complexity index is 817. The summed E-state index contributed by atoms with van der Waals surface area (Å²) in [6, 6.07) is 9.00. The van der Waals surface area contributed by atoms with Gasteiger partial charge in [0.15, 0.2) is 0 Å². The first kappa shape index (κ1) is 17.0. The zero-order chi connectivity index (χ0) is 18.0. The number of nitrogens with one attached hydrogen (secondary N) is 1. The molecule has 0 atom stereocenters. The summed E-state index contributed by atoms with van der Waals surface area (Å²) in [6.07, 6.45) is 2.33. The Morgan fingerprint density at radius 3 is 2.76 bits per heavy atom. The van der Waals surface area contributed by atoms with Crippen molar-refractivity contribution in [1.82, 2.24) is 4.98 Å². The highest BCUT2D eigenvalue weighted by Gasteiger charge is 2.26. The molecular weight excluding hydrogens is 318 g/mol. The molecule has 1 aromatic carbocycles. The number of carbonyl (C=O) groups is 2. The largest absolute Gasteiger partial charge is 0.497 e. The van der Waals surface area contributed by atoms with Gasteiger partial charge in [0.2, 0.25) is 5.91 Å². The van der Waals surface area contributed by atoms with E-state index in [1.165, 1.54) is 6.20 Å². The summed E-state index contributed by atoms with van der Waals surface area (Å²) in [5, 5.41) is 2.72. The first-order chi connectivity index (χ1) is 12.0. The van der Waals surface area contributed by atoms with Crippen molar-refractivity contribution >= 4 is 23.3 Å². The molecule has 0 bridgehead atoms. The van der Waals surface area contributed by atoms with Gasteiger partial charge in [0, 0.05) is 29.9 Å². The number of carbonyl (C=O) groups excluding carboxylic acids is 2. The average Bonchev–Trinajstić information content (AvgIpc) is 3.04. The summed E-state index contributed by atoms with van der Waals surface area (Å²) < 4.78 is 5.24. The van der Waals surface area contributed by atoms with E-state index in [0.29, 0.717) is 17.9 Å². The van der Waals surface area contributed by atoms with Crippen LogP contribution < -0.4 is 15.0 Å². The summed E-state index contributed by atoms with van der Waals surface area (Å²) in [4.78, 5) is 30.6. The van der Waals surface area contributed by atoms with Crippen LogP contribution >= 0.6 is 0 Å². The fourth-order valence-corrected chi connectivity index (χ4v) is 2.77. The van der Waals surface area contributed by atoms with Crippen LogP contribution in [0.5, 0.6) is 5.75 Å². The van der Waals surface area contributed by atoms with Crippen molar-refractivity contribution in [3.05, 3.63) is 47.7 Å². The van der Waals surface area contributed by atoms with Crippen molar-refractivity contribution in [3.63, 3.8) is 0 Å². The number of benzene rings is 1. The molecule has 2 heterocycles. The van der Waals surface area contributed by atoms with Crippen molar-refractivity contribution < 1.29 is 14.3 Å². The number of fused-ring (bicyclic) bond motifs is 1. The van der Waals surface area contributed by atoms with Crippen molar-refractivity contribution in [2.75, 3.05) is 23.9 Å². The molecule has 0 radical (unpaired) electrons. The van der Waals surface area contributed by atoms with Gasteiger partial charge in [0.25, 0.3) is 5.91 Å². The Balaban J connectivity index is 1.82. The fourth-order valence-electron chi connectivity index (χ4n) is 2.77. The third-order valence-electron chi connectivity index (χ3n) is 4.21. The van der Waals surface area contributed by atoms with Crippen LogP contribution in [0.4, 0.5) is 11.5 Å². The number of amides is 2. The van der Waals surface area contributed by atoms with Gasteiger partial charge in [-0.1, -0.05) is 13.8 Å². The topological polar surface area (TPSA) is 71.5 Å². The maximum Gasteiger partial charge on any atom is 0.258 e. The van der Waals surface area contributed by atoms with Crippen LogP contribution in [0.15, 0.2) is 36.5 Å². The van der Waals surface area contributed by atoms with E-state index < -0.39 is 0 Å². The van der Waals surface area contributed by atoms with Crippen molar-refractivity contribution in [3.8, 4) is 5.75 Å². The van der Waals surface area contributed by atoms with Gasteiger partial charge >= 0.3 is 0 Å². The summed E-state index contributed by atoms with van der Waals surface area (Å²) >= 11 is 0. The molecule has 1 N–H and O–H groups in total. The molecule has 0 saturated heterocycles. The molecule has 6 heteroatoms. The minimum Gasteiger partial charge on any atom is -0.497 e. The minimum atomic E-state index is -0.151. The third kappa shape index (κ3) is 3.47. The highest BCUT2D eigenvalue weighted by Crippen LogP contribution is 2.32. The average molecular weight is 339 g/mol. The number of rotatable bonds is 4. The monoisotopic (exact) mass is 339 g/mol. The second kappa shape index (κ2) is 6.93. The first-order valence-corrected chi connectivity index (χ1v) is 8.25. The van der Waals surface area contributed by atoms with Gasteiger partial charge in [-0.15, -0.1) is 0 Å². The van der Waals surface area contributed by atoms with Gasteiger partial charge in [0.05, 0.1) is 7.11 Å². The van der Waals surface area contributed by atoms with Crippen molar-refractivity contribution in [2.24, 2.45) is 5.92 Å². The van der Waals surface area contributed by atoms with Crippen LogP contribution in [-0.2, 0) is 11.2 Å². The third-order valence-corrected chi connectivity index (χ3v) is 4.21. The molecule has 0 unspecified atom stereocenters. The molecule has 2 aromatic rings. The number of methoxy groups -OCH3 is 1. The Morgan fingerprint density at radius 1 is 1.24 bits per heavy atom. The van der Waals surface area contributed by atoms with Crippen molar-refractivity contribution in [2.45, 2.75) is 20.3 Å². The quantitative estimate of drug-likeness (QED) is 0.930. The van der Waals surface area contributed by atoms with Gasteiger partial charge in [-0.3, -0.25) is 9.59 Å². The van der Waals surface area contributed by atoms with Gasteiger partial charge < -0.3 is 15.0 Å². The van der Waals surface area contributed by atoms with Crippen LogP contribution in [0, 0.1) is 5.92 Å². The maximum atomic E-state index is 12.9. The number of nitrogens with zero attached hydrogens (tertiary/aromatic N) is 2. The molecule has 130 valence electrons. The van der Waals surface area contributed by atoms with Gasteiger partial charge in [-0.05, 0) is 42.3 Å². The summed E-state index contributed by atoms with van der Waals surface area (Å²) in [6.45, 7) is 4.23. The highest BCUT2D eigenvalue weighted by molar-refractivity contribution is 6.08. The molecule has 6 nitrogen and oxygen atoms in total. The van der Waals surface area contributed by atoms with Crippen LogP contribution in [0.1, 0.15) is 29.8 Å². The summed E-state index contributed by atoms with van der Waals surface area (Å²) in [5.74, 6) is 0.790. The minimum absolute atomic E-state index is 0.105. The summed E-state index contributed by atoms with van der Waals surface area (Å²) in [7, 11) is 1.63. The van der Waals surface area contributed by atoms with E-state index in [4.69, 9.17) is 4.74 Å². The smallest absolute Gasteiger partial charge is 0.258 e. The predicted octanol–water partition coefficient (Wildman–Crippen LogP) is 2.89. The number of pyridine rings is 1. The van der Waals surface area contributed by atoms with E-state index >= 15 is 0 Å². The lowest BCUT2D eigenvalue weighted by Crippen LogP contribution is -2.29. The second-order valence-electron chi connectivity index (χ2n) is 6.28. The normalized spacial score (nSPS) is 12.9. The van der Waals surface area contributed by atoms with Crippen LogP contribution in [0.2, 0.25) is 0 Å². The zero-order valence-corrected chi connectivity index (χ0v) is 14.6. The van der Waals surface area contributed by atoms with E-state index in [1.807, 2.05) is 18.2 Å². The molecule has 0 aliphatic carbocycles. The predicted molar refractivity (Wildman–Crippen MR) is 96.1 cm³/mol. The van der Waals surface area contributed by atoms with Crippen LogP contribution in [0.25, 0.3) is 0 Å². The van der Waals surface area contributed by atoms with E-state index in [-0.39, 0.29) is 17.7 Å². The fraction of sp³-hybridized carbons (Fsp3) is 0.316. The Hall–Kier alpha value is -2.89. The number of anilines is 2. The van der Waals surface area contributed by atoms with E-state index in [2.05, 4.69) is 10.3 Å². The van der Waals surface area contributed by atoms with Crippen LogP contribution in [0.3, 0.4) is 0 Å². The molecule has 1 aliphatic rings. The SMILES string of the molecule is COc1ccc2c(c1)CCN2C(=O)c1ccnc(NC(=O)C(C)C)c1. The van der Waals surface area contributed by atoms with E-state index in [9.17, 15) is 9.59 Å². The number of aromatic nitrogens is 1. The second-order valence-corrected chi connectivity index (χ2v) is 6.28. The van der Waals surface area contributed by atoms with E-state index in [1.54, 1.807) is 38.0 Å². The molecular formula is C19H21N3O3. The molecule has 0 saturated carbocycles. The van der Waals surface area contributed by atoms with Crippen molar-refractivity contribution in [1.29, 1.82) is 0 Å². The molecule has 3 rings (SSSR count). The molecule has 0 fully saturated rings. The van der Waals surface area contributed by atoms with Gasteiger partial charge in [-0.25, -0.2) is 4.98 Å². The standard InChI is InChI=1S/C19H21N3O3/c1-12(2)18(23)21-17-11-14(6-8-20-17)19(24)22-9-7-13-10-15(25-3)4-5-16(13)22/h4-6,8,10-12H,7,9H2,1-3H3,(H,20,21,23). The Labute approximate surface area is 146 Å².